The van der Waals surface area contributed by atoms with Gasteiger partial charge < -0.3 is 19.7 Å². The molecule has 35 heavy (non-hydrogen) atoms. The summed E-state index contributed by atoms with van der Waals surface area (Å²) in [5, 5.41) is 13.4. The molecule has 0 spiro atoms. The first kappa shape index (κ1) is 23.6. The minimum Gasteiger partial charge on any atom is -0.361 e. The minimum absolute atomic E-state index is 0.0831. The van der Waals surface area contributed by atoms with Gasteiger partial charge in [-0.25, -0.2) is 13.2 Å². The van der Waals surface area contributed by atoms with E-state index in [-0.39, 0.29) is 17.2 Å². The Hall–Kier alpha value is -3.14. The monoisotopic (exact) mass is 486 g/mol. The molecule has 186 valence electrons. The Morgan fingerprint density at radius 2 is 1.77 bits per heavy atom. The van der Waals surface area contributed by atoms with Crippen molar-refractivity contribution in [2.24, 2.45) is 0 Å². The number of likely N-dealkylation sites (N-methyl/N-ethyl adjacent to an activating group) is 1. The molecule has 2 fully saturated rings. The fraction of sp³-hybridized carbons (Fsp3) is 0.480. The highest BCUT2D eigenvalue weighted by molar-refractivity contribution is 5.98. The van der Waals surface area contributed by atoms with E-state index >= 15 is 0 Å². The first-order valence-corrected chi connectivity index (χ1v) is 12.0. The molecule has 0 radical (unpaired) electrons. The van der Waals surface area contributed by atoms with Crippen molar-refractivity contribution in [1.29, 1.82) is 0 Å². The third-order valence-electron chi connectivity index (χ3n) is 7.21. The molecule has 5 rings (SSSR count). The van der Waals surface area contributed by atoms with Crippen molar-refractivity contribution < 1.29 is 13.2 Å². The maximum absolute atomic E-state index is 14.8. The smallest absolute Gasteiger partial charge is 0.266 e. The summed E-state index contributed by atoms with van der Waals surface area (Å²) in [6.45, 7) is 4.97. The van der Waals surface area contributed by atoms with E-state index in [0.29, 0.717) is 22.4 Å². The van der Waals surface area contributed by atoms with E-state index in [9.17, 15) is 18.0 Å². The Balaban J connectivity index is 1.57. The number of halogens is 3. The molecule has 0 unspecified atom stereocenters. The highest BCUT2D eigenvalue weighted by atomic mass is 19.3. The molecule has 7 nitrogen and oxygen atoms in total. The highest BCUT2D eigenvalue weighted by Gasteiger charge is 2.25. The van der Waals surface area contributed by atoms with E-state index in [0.717, 1.165) is 51.5 Å². The van der Waals surface area contributed by atoms with Crippen LogP contribution in [0.2, 0.25) is 0 Å². The number of aromatic nitrogens is 3. The second kappa shape index (κ2) is 9.49. The van der Waals surface area contributed by atoms with Crippen LogP contribution in [-0.2, 0) is 0 Å². The number of pyridine rings is 1. The van der Waals surface area contributed by atoms with Crippen molar-refractivity contribution in [3.8, 4) is 0 Å². The number of benzene rings is 1. The van der Waals surface area contributed by atoms with E-state index < -0.39 is 23.8 Å². The van der Waals surface area contributed by atoms with Crippen LogP contribution in [0.4, 0.5) is 24.8 Å². The van der Waals surface area contributed by atoms with Crippen molar-refractivity contribution in [3.05, 3.63) is 57.8 Å². The van der Waals surface area contributed by atoms with Gasteiger partial charge in [0.05, 0.1) is 11.6 Å². The van der Waals surface area contributed by atoms with E-state index in [2.05, 4.69) is 32.4 Å². The molecule has 2 aromatic heterocycles. The van der Waals surface area contributed by atoms with E-state index in [1.54, 1.807) is 17.6 Å². The summed E-state index contributed by atoms with van der Waals surface area (Å²) in [5.74, 6) is 0.107. The van der Waals surface area contributed by atoms with Crippen LogP contribution in [0.3, 0.4) is 0 Å². The second-order valence-electron chi connectivity index (χ2n) is 9.51. The predicted molar refractivity (Wildman–Crippen MR) is 130 cm³/mol. The first-order chi connectivity index (χ1) is 16.8. The summed E-state index contributed by atoms with van der Waals surface area (Å²) >= 11 is 0. The molecule has 1 aliphatic heterocycles. The normalized spacial score (nSPS) is 18.2. The maximum Gasteiger partial charge on any atom is 0.266 e. The van der Waals surface area contributed by atoms with Gasteiger partial charge in [-0.05, 0) is 33.2 Å². The van der Waals surface area contributed by atoms with Crippen molar-refractivity contribution in [3.63, 3.8) is 0 Å². The Kier molecular flexibility index (Phi) is 6.39. The van der Waals surface area contributed by atoms with Gasteiger partial charge in [-0.2, -0.15) is 0 Å². The molecular formula is C25H29F3N6O. The van der Waals surface area contributed by atoms with Crippen LogP contribution < -0.4 is 15.8 Å². The number of alkyl halides is 2. The Labute approximate surface area is 201 Å². The third-order valence-corrected chi connectivity index (χ3v) is 7.21. The van der Waals surface area contributed by atoms with Gasteiger partial charge in [-0.15, -0.1) is 10.2 Å². The number of nitrogens with zero attached hydrogens (tertiary/aromatic N) is 5. The fourth-order valence-corrected chi connectivity index (χ4v) is 4.79. The topological polar surface area (TPSA) is 66.3 Å². The summed E-state index contributed by atoms with van der Waals surface area (Å²) in [5.41, 5.74) is -0.593. The molecule has 0 amide bonds. The first-order valence-electron chi connectivity index (χ1n) is 12.0. The molecule has 1 saturated heterocycles. The number of anilines is 2. The largest absolute Gasteiger partial charge is 0.361 e. The van der Waals surface area contributed by atoms with Crippen molar-refractivity contribution in [2.75, 3.05) is 43.4 Å². The molecule has 10 heteroatoms. The molecule has 1 aromatic carbocycles. The van der Waals surface area contributed by atoms with Gasteiger partial charge in [-0.1, -0.05) is 18.2 Å². The van der Waals surface area contributed by atoms with Crippen LogP contribution in [0.15, 0.2) is 35.3 Å². The maximum atomic E-state index is 14.8. The number of hydrogen-bond acceptors (Lipinski definition) is 6. The van der Waals surface area contributed by atoms with Gasteiger partial charge in [0.15, 0.2) is 11.6 Å². The average Bonchev–Trinajstić information content (AvgIpc) is 2.79. The lowest BCUT2D eigenvalue weighted by molar-refractivity contribution is 0.146. The zero-order valence-corrected chi connectivity index (χ0v) is 19.8. The highest BCUT2D eigenvalue weighted by Crippen LogP contribution is 2.35. The van der Waals surface area contributed by atoms with Crippen LogP contribution >= 0.6 is 0 Å². The lowest BCUT2D eigenvalue weighted by Gasteiger charge is -2.34. The number of nitrogens with one attached hydrogen (secondary N) is 1. The fourth-order valence-electron chi connectivity index (χ4n) is 4.79. The summed E-state index contributed by atoms with van der Waals surface area (Å²) in [6, 6.07) is 5.11. The molecule has 1 saturated carbocycles. The van der Waals surface area contributed by atoms with Crippen LogP contribution in [0.1, 0.15) is 55.8 Å². The van der Waals surface area contributed by atoms with Gasteiger partial charge in [0.2, 0.25) is 0 Å². The zero-order chi connectivity index (χ0) is 24.7. The molecule has 2 aliphatic rings. The van der Waals surface area contributed by atoms with Crippen molar-refractivity contribution in [1.82, 2.24) is 19.7 Å². The van der Waals surface area contributed by atoms with Gasteiger partial charge in [0.25, 0.3) is 12.0 Å². The van der Waals surface area contributed by atoms with Crippen molar-refractivity contribution in [2.45, 2.75) is 44.7 Å². The van der Waals surface area contributed by atoms with Gasteiger partial charge >= 0.3 is 0 Å². The molecule has 3 heterocycles. The van der Waals surface area contributed by atoms with Gasteiger partial charge in [-0.3, -0.25) is 4.79 Å². The lowest BCUT2D eigenvalue weighted by Crippen LogP contribution is -2.45. The van der Waals surface area contributed by atoms with E-state index in [1.165, 1.54) is 12.1 Å². The number of fused-ring (bicyclic) bond motifs is 1. The molecule has 1 N–H and O–H groups in total. The minimum atomic E-state index is -2.90. The van der Waals surface area contributed by atoms with Crippen LogP contribution in [0.5, 0.6) is 0 Å². The molecule has 1 aliphatic carbocycles. The second-order valence-corrected chi connectivity index (χ2v) is 9.51. The standard InChI is InChI=1S/C25H29F3N6O/c1-15(17-7-4-8-18(22(17)26)23(27)28)29-24-20-14-34(16-5-3-6-16)21(35)13-19(20)25(31-30-24)33-11-9-32(2)10-12-33/h4,7-8,13-16,23H,3,5-6,9-12H2,1-2H3,(H,29,30)/t15-/m1/s1. The molecule has 1 atom stereocenters. The third kappa shape index (κ3) is 4.47. The van der Waals surface area contributed by atoms with Crippen LogP contribution in [0.25, 0.3) is 10.8 Å². The van der Waals surface area contributed by atoms with Gasteiger partial charge in [0.1, 0.15) is 5.82 Å². The predicted octanol–water partition coefficient (Wildman–Crippen LogP) is 4.52. The van der Waals surface area contributed by atoms with Crippen LogP contribution in [0, 0.1) is 5.82 Å². The Morgan fingerprint density at radius 3 is 2.43 bits per heavy atom. The Morgan fingerprint density at radius 1 is 1.06 bits per heavy atom. The number of hydrogen-bond donors (Lipinski definition) is 1. The lowest BCUT2D eigenvalue weighted by atomic mass is 9.92. The van der Waals surface area contributed by atoms with Crippen LogP contribution in [-0.4, -0.2) is 52.9 Å². The Bertz CT molecular complexity index is 1280. The molecule has 0 bridgehead atoms. The SMILES string of the molecule is C[C@@H](Nc1nnc(N2CCN(C)CC2)c2cc(=O)n(C3CCC3)cc12)c1cccc(C(F)F)c1F. The average molecular weight is 487 g/mol. The zero-order valence-electron chi connectivity index (χ0n) is 19.8. The van der Waals surface area contributed by atoms with E-state index in [4.69, 9.17) is 0 Å². The van der Waals surface area contributed by atoms with E-state index in [1.807, 2.05) is 6.20 Å². The number of rotatable bonds is 6. The summed E-state index contributed by atoms with van der Waals surface area (Å²) in [4.78, 5) is 17.4. The van der Waals surface area contributed by atoms with Crippen molar-refractivity contribution >= 4 is 22.4 Å². The summed E-state index contributed by atoms with van der Waals surface area (Å²) in [7, 11) is 2.06. The quantitative estimate of drug-likeness (QED) is 0.553. The van der Waals surface area contributed by atoms with Gasteiger partial charge in [0, 0.05) is 60.8 Å². The summed E-state index contributed by atoms with van der Waals surface area (Å²) < 4.78 is 43.0. The molecular weight excluding hydrogens is 457 g/mol. The number of piperazine rings is 1. The molecule has 3 aromatic rings. The summed E-state index contributed by atoms with van der Waals surface area (Å²) in [6.07, 6.45) is 1.89.